The fourth-order valence-electron chi connectivity index (χ4n) is 13.0. The molecule has 5 aliphatic rings. The van der Waals surface area contributed by atoms with Crippen LogP contribution in [0.4, 0.5) is 0 Å². The minimum Gasteiger partial charge on any atom is -0.303 e. The molecule has 398 valence electrons. The van der Waals surface area contributed by atoms with Crippen LogP contribution in [0.3, 0.4) is 0 Å². The Morgan fingerprint density at radius 1 is 0.338 bits per heavy atom. The van der Waals surface area contributed by atoms with Crippen molar-refractivity contribution in [3.05, 3.63) is 0 Å². The summed E-state index contributed by atoms with van der Waals surface area (Å²) in [6.07, 6.45) is 52.3. The van der Waals surface area contributed by atoms with E-state index in [1.165, 1.54) is 173 Å². The molecule has 5 nitrogen and oxygen atoms in total. The van der Waals surface area contributed by atoms with E-state index in [1.54, 1.807) is 0 Å². The van der Waals surface area contributed by atoms with Crippen LogP contribution >= 0.6 is 0 Å². The average Bonchev–Trinajstić information content (AvgIpc) is 3.36. The number of rotatable bonds is 25. The van der Waals surface area contributed by atoms with E-state index < -0.39 is 0 Å². The van der Waals surface area contributed by atoms with Crippen LogP contribution in [0.25, 0.3) is 0 Å². The van der Waals surface area contributed by atoms with Crippen LogP contribution in [-0.2, 0) is 24.0 Å². The van der Waals surface area contributed by atoms with Gasteiger partial charge in [-0.1, -0.05) is 197 Å². The Hall–Kier alpha value is -1.65. The van der Waals surface area contributed by atoms with Gasteiger partial charge in [0.15, 0.2) is 0 Å². The van der Waals surface area contributed by atoms with E-state index in [1.807, 2.05) is 0 Å². The smallest absolute Gasteiger partial charge is 0.120 e. The maximum Gasteiger partial charge on any atom is 0.120 e. The molecule has 1 atom stereocenters. The molecule has 0 aromatic carbocycles. The normalized spacial score (nSPS) is 28.6. The average molecular weight is 954 g/mol. The van der Waals surface area contributed by atoms with Crippen molar-refractivity contribution in [1.82, 2.24) is 0 Å². The van der Waals surface area contributed by atoms with Crippen LogP contribution in [-0.4, -0.2) is 31.4 Å². The zero-order chi connectivity index (χ0) is 50.2. The predicted molar refractivity (Wildman–Crippen MR) is 292 cm³/mol. The van der Waals surface area contributed by atoms with E-state index in [2.05, 4.69) is 55.4 Å². The number of hydrogen-bond donors (Lipinski definition) is 0. The third-order valence-corrected chi connectivity index (χ3v) is 18.0. The molecule has 0 aromatic heterocycles. The molecule has 5 saturated carbocycles. The highest BCUT2D eigenvalue weighted by Gasteiger charge is 2.26. The molecule has 5 heteroatoms. The number of aldehydes is 5. The van der Waals surface area contributed by atoms with Crippen molar-refractivity contribution < 1.29 is 24.0 Å². The van der Waals surface area contributed by atoms with Gasteiger partial charge in [0, 0.05) is 32.1 Å². The van der Waals surface area contributed by atoms with Crippen molar-refractivity contribution in [1.29, 1.82) is 0 Å². The monoisotopic (exact) mass is 953 g/mol. The molecule has 0 saturated heterocycles. The highest BCUT2D eigenvalue weighted by molar-refractivity contribution is 5.50. The van der Waals surface area contributed by atoms with Crippen molar-refractivity contribution in [3.8, 4) is 0 Å². The summed E-state index contributed by atoms with van der Waals surface area (Å²) in [4.78, 5) is 51.2. The molecule has 5 aliphatic carbocycles. The molecule has 0 heterocycles. The van der Waals surface area contributed by atoms with Crippen LogP contribution in [0.5, 0.6) is 0 Å². The van der Waals surface area contributed by atoms with Crippen LogP contribution in [0.1, 0.15) is 293 Å². The Kier molecular flexibility index (Phi) is 40.7. The van der Waals surface area contributed by atoms with Gasteiger partial charge in [-0.25, -0.2) is 0 Å². The summed E-state index contributed by atoms with van der Waals surface area (Å²) < 4.78 is 0. The lowest BCUT2D eigenvalue weighted by Crippen LogP contribution is -2.19. The van der Waals surface area contributed by atoms with Crippen LogP contribution in [0, 0.1) is 76.9 Å². The second-order valence-corrected chi connectivity index (χ2v) is 24.1. The van der Waals surface area contributed by atoms with Gasteiger partial charge < -0.3 is 24.0 Å². The van der Waals surface area contributed by atoms with E-state index >= 15 is 0 Å². The first-order chi connectivity index (χ1) is 33.0. The van der Waals surface area contributed by atoms with Crippen molar-refractivity contribution in [2.45, 2.75) is 293 Å². The molecule has 0 radical (unpaired) electrons. The lowest BCUT2D eigenvalue weighted by molar-refractivity contribution is -0.108. The first-order valence-corrected chi connectivity index (χ1v) is 30.1. The molecule has 5 fully saturated rings. The first kappa shape index (κ1) is 64.4. The van der Waals surface area contributed by atoms with Crippen LogP contribution in [0.2, 0.25) is 0 Å². The molecule has 1 unspecified atom stereocenters. The Morgan fingerprint density at radius 3 is 0.882 bits per heavy atom. The van der Waals surface area contributed by atoms with Crippen molar-refractivity contribution >= 4 is 31.4 Å². The number of hydrogen-bond acceptors (Lipinski definition) is 5. The van der Waals surface area contributed by atoms with Gasteiger partial charge >= 0.3 is 0 Å². The quantitative estimate of drug-likeness (QED) is 0.0851. The molecule has 68 heavy (non-hydrogen) atoms. The highest BCUT2D eigenvalue weighted by Crippen LogP contribution is 2.38. The molecule has 0 spiro atoms. The van der Waals surface area contributed by atoms with Gasteiger partial charge in [0.2, 0.25) is 0 Å². The summed E-state index contributed by atoms with van der Waals surface area (Å²) in [7, 11) is 0. The standard InChI is InChI=1S/3C13H24O.2C12H22O/c1-11(2)10-13-7-5-12(6-8-13)4-3-9-14;1-3-11(2)13-8-6-12(7-9-13)5-4-10-14;1-2-3-5-12-7-9-13(10-8-12)6-4-11-14;1-10(2)12-7-5-11(6-8-12)4-3-9-13;1-2-4-11-6-8-12(9-7-11)5-3-10-13/h9,11-13H,3-8,10H2,1-2H3;10-13H,3-9H2,1-2H3;11-13H,2-10H2,1H3;9-12H,3-8H2,1-2H3;10-12H,2-9H2,1H3. The lowest BCUT2D eigenvalue weighted by atomic mass is 9.74. The molecule has 0 aromatic rings. The van der Waals surface area contributed by atoms with Gasteiger partial charge in [0.25, 0.3) is 0 Å². The predicted octanol–water partition coefficient (Wildman–Crippen LogP) is 18.6. The second-order valence-electron chi connectivity index (χ2n) is 24.1. The molecule has 0 amide bonds. The molecule has 0 aliphatic heterocycles. The second kappa shape index (κ2) is 43.0. The highest BCUT2D eigenvalue weighted by atomic mass is 16.1. The number of unbranched alkanes of at least 4 members (excludes halogenated alkanes) is 1. The third-order valence-electron chi connectivity index (χ3n) is 18.0. The minimum absolute atomic E-state index is 0.775. The third kappa shape index (κ3) is 32.3. The van der Waals surface area contributed by atoms with E-state index in [4.69, 9.17) is 0 Å². The SMILES string of the molecule is CC(C)C1CCC(CCC=O)CC1.CC(C)CC1CCC(CCC=O)CC1.CCC(C)C1CCC(CCC=O)CC1.CCCC1CCC(CCC=O)CC1.CCCCC1CCC(CCC=O)CC1. The zero-order valence-corrected chi connectivity index (χ0v) is 46.6. The van der Waals surface area contributed by atoms with Gasteiger partial charge in [-0.3, -0.25) is 0 Å². The van der Waals surface area contributed by atoms with Crippen LogP contribution in [0.15, 0.2) is 0 Å². The van der Waals surface area contributed by atoms with E-state index in [0.717, 1.165) is 173 Å². The topological polar surface area (TPSA) is 85.3 Å². The van der Waals surface area contributed by atoms with E-state index in [-0.39, 0.29) is 0 Å². The summed E-state index contributed by atoms with van der Waals surface area (Å²) in [5.74, 6) is 11.8. The summed E-state index contributed by atoms with van der Waals surface area (Å²) in [6.45, 7) is 18.5. The van der Waals surface area contributed by atoms with Gasteiger partial charge in [0.05, 0.1) is 0 Å². The maximum atomic E-state index is 10.3. The van der Waals surface area contributed by atoms with Crippen molar-refractivity contribution in [2.75, 3.05) is 0 Å². The number of carbonyl (C=O) groups is 5. The fraction of sp³-hybridized carbons (Fsp3) is 0.921. The Balaban J connectivity index is 0.000000425. The van der Waals surface area contributed by atoms with E-state index in [0.29, 0.717) is 0 Å². The Morgan fingerprint density at radius 2 is 0.618 bits per heavy atom. The maximum absolute atomic E-state index is 10.3. The first-order valence-electron chi connectivity index (χ1n) is 30.1. The zero-order valence-electron chi connectivity index (χ0n) is 46.6. The fourth-order valence-corrected chi connectivity index (χ4v) is 13.0. The summed E-state index contributed by atoms with van der Waals surface area (Å²) in [6, 6.07) is 0. The molecular formula is C63H116O5. The van der Waals surface area contributed by atoms with Gasteiger partial charge in [-0.15, -0.1) is 0 Å². The Bertz CT molecular complexity index is 1160. The number of carbonyl (C=O) groups excluding carboxylic acids is 5. The molecular weight excluding hydrogens is 837 g/mol. The minimum atomic E-state index is 0.775. The molecule has 0 bridgehead atoms. The summed E-state index contributed by atoms with van der Waals surface area (Å²) in [5.41, 5.74) is 0. The van der Waals surface area contributed by atoms with Gasteiger partial charge in [-0.05, 0) is 141 Å². The van der Waals surface area contributed by atoms with Crippen molar-refractivity contribution in [2.24, 2.45) is 76.9 Å². The Labute approximate surface area is 423 Å². The largest absolute Gasteiger partial charge is 0.303 e. The van der Waals surface area contributed by atoms with Gasteiger partial charge in [-0.2, -0.15) is 0 Å². The van der Waals surface area contributed by atoms with Gasteiger partial charge in [0.1, 0.15) is 31.4 Å². The van der Waals surface area contributed by atoms with E-state index in [9.17, 15) is 24.0 Å². The lowest BCUT2D eigenvalue weighted by Gasteiger charge is -2.31. The molecule has 0 N–H and O–H groups in total. The summed E-state index contributed by atoms with van der Waals surface area (Å²) >= 11 is 0. The molecule has 5 rings (SSSR count). The van der Waals surface area contributed by atoms with Crippen LogP contribution < -0.4 is 0 Å². The van der Waals surface area contributed by atoms with Crippen molar-refractivity contribution in [3.63, 3.8) is 0 Å². The summed E-state index contributed by atoms with van der Waals surface area (Å²) in [5, 5.41) is 0.